The van der Waals surface area contributed by atoms with Crippen LogP contribution in [0.25, 0.3) is 0 Å². The molecule has 1 amide bonds. The molecule has 0 aliphatic carbocycles. The van der Waals surface area contributed by atoms with Crippen molar-refractivity contribution in [2.24, 2.45) is 5.92 Å². The molecule has 1 aromatic rings. The van der Waals surface area contributed by atoms with Crippen molar-refractivity contribution in [3.8, 4) is 0 Å². The Kier molecular flexibility index (Phi) is 5.36. The number of carbonyl (C=O) groups excluding carboxylic acids is 1. The number of aliphatic carboxylic acids is 1. The third-order valence-electron chi connectivity index (χ3n) is 2.95. The topological polar surface area (TPSA) is 57.6 Å². The number of carboxylic acid groups (broad SMARTS) is 1. The number of nitrogens with zero attached hydrogens (tertiary/aromatic N) is 1. The Balaban J connectivity index is 2.54. The van der Waals surface area contributed by atoms with Gasteiger partial charge >= 0.3 is 5.97 Å². The lowest BCUT2D eigenvalue weighted by Gasteiger charge is -2.19. The van der Waals surface area contributed by atoms with Gasteiger partial charge in [0, 0.05) is 20.0 Å². The van der Waals surface area contributed by atoms with Gasteiger partial charge in [0.15, 0.2) is 0 Å². The molecule has 0 radical (unpaired) electrons. The van der Waals surface area contributed by atoms with E-state index in [0.717, 1.165) is 5.56 Å². The molecule has 0 aliphatic heterocycles. The van der Waals surface area contributed by atoms with Crippen molar-refractivity contribution in [3.05, 3.63) is 35.9 Å². The summed E-state index contributed by atoms with van der Waals surface area (Å²) >= 11 is 0. The van der Waals surface area contributed by atoms with Crippen LogP contribution in [0.3, 0.4) is 0 Å². The van der Waals surface area contributed by atoms with Crippen LogP contribution in [0.1, 0.15) is 25.3 Å². The monoisotopic (exact) mass is 249 g/mol. The first-order chi connectivity index (χ1) is 8.54. The molecule has 4 heteroatoms. The van der Waals surface area contributed by atoms with Crippen LogP contribution in [0.4, 0.5) is 0 Å². The first kappa shape index (κ1) is 14.2. The van der Waals surface area contributed by atoms with E-state index in [0.29, 0.717) is 13.0 Å². The van der Waals surface area contributed by atoms with E-state index in [9.17, 15) is 9.59 Å². The smallest absolute Gasteiger partial charge is 0.307 e. The van der Waals surface area contributed by atoms with Gasteiger partial charge < -0.3 is 10.0 Å². The molecule has 0 aromatic heterocycles. The maximum absolute atomic E-state index is 11.9. The standard InChI is InChI=1S/C14H19NO3/c1-3-12(14(17)18)9-13(16)15(2)10-11-7-5-4-6-8-11/h4-8,12H,3,9-10H2,1-2H3,(H,17,18). The van der Waals surface area contributed by atoms with Crippen molar-refractivity contribution in [3.63, 3.8) is 0 Å². The largest absolute Gasteiger partial charge is 0.481 e. The molecule has 0 heterocycles. The van der Waals surface area contributed by atoms with Gasteiger partial charge in [0.1, 0.15) is 0 Å². The number of carboxylic acids is 1. The average molecular weight is 249 g/mol. The third kappa shape index (κ3) is 4.20. The molecular formula is C14H19NO3. The molecule has 0 saturated heterocycles. The molecule has 0 aliphatic rings. The maximum Gasteiger partial charge on any atom is 0.307 e. The van der Waals surface area contributed by atoms with Gasteiger partial charge in [0.25, 0.3) is 0 Å². The van der Waals surface area contributed by atoms with Crippen molar-refractivity contribution in [1.82, 2.24) is 4.90 Å². The zero-order chi connectivity index (χ0) is 13.5. The molecule has 1 unspecified atom stereocenters. The maximum atomic E-state index is 11.9. The van der Waals surface area contributed by atoms with Crippen molar-refractivity contribution in [2.75, 3.05) is 7.05 Å². The van der Waals surface area contributed by atoms with Crippen LogP contribution in [0.5, 0.6) is 0 Å². The van der Waals surface area contributed by atoms with Crippen LogP contribution in [-0.2, 0) is 16.1 Å². The van der Waals surface area contributed by atoms with E-state index in [-0.39, 0.29) is 12.3 Å². The summed E-state index contributed by atoms with van der Waals surface area (Å²) in [7, 11) is 1.70. The highest BCUT2D eigenvalue weighted by atomic mass is 16.4. The van der Waals surface area contributed by atoms with Crippen molar-refractivity contribution in [1.29, 1.82) is 0 Å². The molecule has 0 bridgehead atoms. The van der Waals surface area contributed by atoms with Crippen LogP contribution >= 0.6 is 0 Å². The number of amides is 1. The molecule has 1 aromatic carbocycles. The van der Waals surface area contributed by atoms with E-state index in [1.165, 1.54) is 0 Å². The van der Waals surface area contributed by atoms with E-state index in [4.69, 9.17) is 5.11 Å². The van der Waals surface area contributed by atoms with E-state index in [2.05, 4.69) is 0 Å². The van der Waals surface area contributed by atoms with E-state index in [1.54, 1.807) is 18.9 Å². The summed E-state index contributed by atoms with van der Waals surface area (Å²) in [5.41, 5.74) is 1.04. The normalized spacial score (nSPS) is 11.9. The first-order valence-corrected chi connectivity index (χ1v) is 6.05. The summed E-state index contributed by atoms with van der Waals surface area (Å²) in [6.07, 6.45) is 0.537. The van der Waals surface area contributed by atoms with Crippen LogP contribution in [0, 0.1) is 5.92 Å². The zero-order valence-corrected chi connectivity index (χ0v) is 10.8. The predicted octanol–water partition coefficient (Wildman–Crippen LogP) is 2.15. The van der Waals surface area contributed by atoms with Crippen LogP contribution in [0.2, 0.25) is 0 Å². The zero-order valence-electron chi connectivity index (χ0n) is 10.8. The quantitative estimate of drug-likeness (QED) is 0.840. The minimum absolute atomic E-state index is 0.0646. The lowest BCUT2D eigenvalue weighted by molar-refractivity contribution is -0.145. The molecule has 98 valence electrons. The fourth-order valence-electron chi connectivity index (χ4n) is 1.72. The van der Waals surface area contributed by atoms with Gasteiger partial charge in [-0.15, -0.1) is 0 Å². The Labute approximate surface area is 107 Å². The number of hydrogen-bond acceptors (Lipinski definition) is 2. The van der Waals surface area contributed by atoms with Gasteiger partial charge in [0.05, 0.1) is 5.92 Å². The Hall–Kier alpha value is -1.84. The first-order valence-electron chi connectivity index (χ1n) is 6.05. The van der Waals surface area contributed by atoms with Gasteiger partial charge in [-0.3, -0.25) is 9.59 Å². The highest BCUT2D eigenvalue weighted by molar-refractivity contribution is 5.82. The fraction of sp³-hybridized carbons (Fsp3) is 0.429. The number of hydrogen-bond donors (Lipinski definition) is 1. The number of rotatable bonds is 6. The molecule has 0 saturated carbocycles. The van der Waals surface area contributed by atoms with Gasteiger partial charge in [0.2, 0.25) is 5.91 Å². The average Bonchev–Trinajstić information content (AvgIpc) is 2.36. The molecule has 1 atom stereocenters. The van der Waals surface area contributed by atoms with Gasteiger partial charge in [-0.1, -0.05) is 37.3 Å². The molecule has 0 spiro atoms. The van der Waals surface area contributed by atoms with Crippen LogP contribution in [-0.4, -0.2) is 28.9 Å². The summed E-state index contributed by atoms with van der Waals surface area (Å²) < 4.78 is 0. The molecule has 1 rings (SSSR count). The summed E-state index contributed by atoms with van der Waals surface area (Å²) in [6, 6.07) is 9.64. The summed E-state index contributed by atoms with van der Waals surface area (Å²) in [4.78, 5) is 24.3. The Morgan fingerprint density at radius 1 is 1.28 bits per heavy atom. The van der Waals surface area contributed by atoms with Crippen molar-refractivity contribution < 1.29 is 14.7 Å². The molecular weight excluding hydrogens is 230 g/mol. The van der Waals surface area contributed by atoms with Gasteiger partial charge in [-0.25, -0.2) is 0 Å². The Bertz CT molecular complexity index is 403. The summed E-state index contributed by atoms with van der Waals surface area (Å²) in [5, 5.41) is 8.92. The second-order valence-electron chi connectivity index (χ2n) is 4.38. The molecule has 18 heavy (non-hydrogen) atoms. The summed E-state index contributed by atoms with van der Waals surface area (Å²) in [6.45, 7) is 2.29. The molecule has 4 nitrogen and oxygen atoms in total. The highest BCUT2D eigenvalue weighted by Gasteiger charge is 2.21. The van der Waals surface area contributed by atoms with Crippen LogP contribution < -0.4 is 0 Å². The molecule has 1 N–H and O–H groups in total. The minimum atomic E-state index is -0.904. The highest BCUT2D eigenvalue weighted by Crippen LogP contribution is 2.12. The lowest BCUT2D eigenvalue weighted by atomic mass is 10.0. The van der Waals surface area contributed by atoms with Gasteiger partial charge in [-0.2, -0.15) is 0 Å². The summed E-state index contributed by atoms with van der Waals surface area (Å²) in [5.74, 6) is -1.62. The number of carbonyl (C=O) groups is 2. The second-order valence-corrected chi connectivity index (χ2v) is 4.38. The third-order valence-corrected chi connectivity index (χ3v) is 2.95. The Morgan fingerprint density at radius 2 is 1.89 bits per heavy atom. The van der Waals surface area contributed by atoms with E-state index in [1.807, 2.05) is 30.3 Å². The second kappa shape index (κ2) is 6.79. The predicted molar refractivity (Wildman–Crippen MR) is 68.9 cm³/mol. The lowest BCUT2D eigenvalue weighted by Crippen LogP contribution is -2.29. The van der Waals surface area contributed by atoms with E-state index >= 15 is 0 Å². The minimum Gasteiger partial charge on any atom is -0.481 e. The van der Waals surface area contributed by atoms with Crippen molar-refractivity contribution >= 4 is 11.9 Å². The Morgan fingerprint density at radius 3 is 2.39 bits per heavy atom. The SMILES string of the molecule is CCC(CC(=O)N(C)Cc1ccccc1)C(=O)O. The van der Waals surface area contributed by atoms with Crippen molar-refractivity contribution in [2.45, 2.75) is 26.3 Å². The van der Waals surface area contributed by atoms with Crippen LogP contribution in [0.15, 0.2) is 30.3 Å². The van der Waals surface area contributed by atoms with E-state index < -0.39 is 11.9 Å². The molecule has 0 fully saturated rings. The van der Waals surface area contributed by atoms with Gasteiger partial charge in [-0.05, 0) is 12.0 Å². The number of benzene rings is 1. The fourth-order valence-corrected chi connectivity index (χ4v) is 1.72.